The molecular formula is C63H102N2O28. The quantitative estimate of drug-likeness (QED) is 0.0296. The van der Waals surface area contributed by atoms with Gasteiger partial charge in [0, 0.05) is 32.8 Å². The highest BCUT2D eigenvalue weighted by Gasteiger charge is 2.68. The van der Waals surface area contributed by atoms with Gasteiger partial charge in [0.1, 0.15) is 116 Å². The van der Waals surface area contributed by atoms with Crippen LogP contribution in [0.25, 0.3) is 0 Å². The topological polar surface area (TPSA) is 460 Å². The molecule has 0 spiro atoms. The van der Waals surface area contributed by atoms with Crippen LogP contribution >= 0.6 is 0 Å². The first-order valence-electron chi connectivity index (χ1n) is 32.5. The molecule has 4 aliphatic carbocycles. The van der Waals surface area contributed by atoms with Gasteiger partial charge in [-0.25, -0.2) is 0 Å². The van der Waals surface area contributed by atoms with E-state index in [-0.39, 0.29) is 35.1 Å². The van der Waals surface area contributed by atoms with Crippen molar-refractivity contribution >= 4 is 17.6 Å². The molecular weight excluding hydrogens is 1230 g/mol. The van der Waals surface area contributed by atoms with E-state index in [2.05, 4.69) is 31.4 Å². The fourth-order valence-electron chi connectivity index (χ4n) is 17.1. The lowest BCUT2D eigenvalue weighted by molar-refractivity contribution is -0.380. The van der Waals surface area contributed by atoms with Crippen LogP contribution in [0.3, 0.4) is 0 Å². The normalized spacial score (nSPS) is 47.7. The van der Waals surface area contributed by atoms with E-state index >= 15 is 0 Å². The van der Waals surface area contributed by atoms with Crippen molar-refractivity contribution in [3.63, 3.8) is 0 Å². The largest absolute Gasteiger partial charge is 0.394 e. The van der Waals surface area contributed by atoms with Crippen LogP contribution in [0.2, 0.25) is 0 Å². The third-order valence-electron chi connectivity index (χ3n) is 22.1. The number of fused-ring (bicyclic) bond motifs is 4. The summed E-state index contributed by atoms with van der Waals surface area (Å²) in [6.07, 6.45) is -34.1. The highest BCUT2D eigenvalue weighted by molar-refractivity contribution is 5.90. The molecule has 5 aliphatic heterocycles. The predicted octanol–water partition coefficient (Wildman–Crippen LogP) is -3.94. The van der Waals surface area contributed by atoms with Crippen molar-refractivity contribution in [2.75, 3.05) is 40.1 Å². The van der Waals surface area contributed by atoms with Gasteiger partial charge in [-0.05, 0) is 105 Å². The van der Waals surface area contributed by atoms with Crippen LogP contribution in [0.1, 0.15) is 114 Å². The molecule has 0 aromatic carbocycles. The summed E-state index contributed by atoms with van der Waals surface area (Å²) in [5, 5.41) is 161. The Labute approximate surface area is 540 Å². The van der Waals surface area contributed by atoms with Gasteiger partial charge < -0.3 is 134 Å². The number of amides is 2. The van der Waals surface area contributed by atoms with Gasteiger partial charge in [0.2, 0.25) is 11.8 Å². The number of aliphatic hydroxyl groups excluding tert-OH is 13. The first-order chi connectivity index (χ1) is 43.7. The molecule has 9 aliphatic rings. The lowest BCUT2D eigenvalue weighted by Crippen LogP contribution is -2.69. The second kappa shape index (κ2) is 29.5. The Morgan fingerprint density at radius 2 is 1.14 bits per heavy atom. The van der Waals surface area contributed by atoms with Crippen molar-refractivity contribution in [2.24, 2.45) is 34.0 Å². The average Bonchev–Trinajstić information content (AvgIpc) is 1.67. The van der Waals surface area contributed by atoms with Crippen molar-refractivity contribution < 1.29 is 138 Å². The zero-order valence-corrected chi connectivity index (χ0v) is 54.5. The molecule has 0 bridgehead atoms. The molecule has 32 atom stereocenters. The number of allylic oxidation sites excluding steroid dienone is 2. The number of carbonyl (C=O) groups excluding carboxylic acids is 3. The van der Waals surface area contributed by atoms with Crippen LogP contribution in [0.5, 0.6) is 0 Å². The minimum absolute atomic E-state index is 0.0467. The number of rotatable bonds is 21. The first-order valence-corrected chi connectivity index (χ1v) is 32.5. The van der Waals surface area contributed by atoms with Crippen molar-refractivity contribution in [1.29, 1.82) is 0 Å². The summed E-state index contributed by atoms with van der Waals surface area (Å²) in [4.78, 5) is 38.6. The smallest absolute Gasteiger partial charge is 0.217 e. The van der Waals surface area contributed by atoms with Crippen molar-refractivity contribution in [3.05, 3.63) is 22.8 Å². The van der Waals surface area contributed by atoms with E-state index in [1.165, 1.54) is 0 Å². The summed E-state index contributed by atoms with van der Waals surface area (Å²) in [6.45, 7) is 12.8. The molecule has 5 heterocycles. The molecule has 0 aromatic rings. The minimum atomic E-state index is -2.00. The SMILES string of the molecule is CO[C@H]1C[C@H]([C@H](C)CC(=O)C=C(C)C)[C@@]2(C)CC[C@@]3(O)C(=C12)CCC1C(C)(C)[C@@H](O[C@@H]2OC[C@@H](O[C@@H]4O[C@H](CO)[C@H](O)[C@H](O)[C@H]4NC(C)=O)[C@H](O)[C@H]2O[C@@H]2O[C@H](CO[C@@H]4O[C@H](CO)[C@@H](O)[C@H](O)[C@H]4O[C@@H]4O[C@H](CO)[C@@H](O)[C@H](O)[C@H]4O)[C@@H](O)[C@H](O)[C@H]2NC(C)=O)CC[C@@]13C. The molecule has 30 heteroatoms. The van der Waals surface area contributed by atoms with Crippen LogP contribution in [0, 0.1) is 34.0 Å². The van der Waals surface area contributed by atoms with E-state index < -0.39 is 215 Å². The summed E-state index contributed by atoms with van der Waals surface area (Å²) in [7, 11) is 1.70. The molecule has 0 radical (unpaired) electrons. The summed E-state index contributed by atoms with van der Waals surface area (Å²) in [6, 6.07) is -3.13. The molecule has 16 N–H and O–H groups in total. The Morgan fingerprint density at radius 3 is 1.72 bits per heavy atom. The van der Waals surface area contributed by atoms with Gasteiger partial charge in [-0.1, -0.05) is 40.2 Å². The second-order valence-electron chi connectivity index (χ2n) is 28.6. The molecule has 30 nitrogen and oxygen atoms in total. The summed E-state index contributed by atoms with van der Waals surface area (Å²) >= 11 is 0. The number of nitrogens with one attached hydrogen (secondary N) is 2. The summed E-state index contributed by atoms with van der Waals surface area (Å²) < 4.78 is 68.0. The Kier molecular flexibility index (Phi) is 23.6. The van der Waals surface area contributed by atoms with Gasteiger partial charge in [0.05, 0.1) is 50.8 Å². The third-order valence-corrected chi connectivity index (χ3v) is 22.1. The lowest BCUT2D eigenvalue weighted by Gasteiger charge is -2.65. The second-order valence-corrected chi connectivity index (χ2v) is 28.6. The van der Waals surface area contributed by atoms with Crippen LogP contribution < -0.4 is 10.6 Å². The van der Waals surface area contributed by atoms with Crippen LogP contribution in [-0.4, -0.2) is 294 Å². The summed E-state index contributed by atoms with van der Waals surface area (Å²) in [5.41, 5.74) is -0.0157. The highest BCUT2D eigenvalue weighted by Crippen LogP contribution is 2.70. The average molecular weight is 1340 g/mol. The van der Waals surface area contributed by atoms with Crippen LogP contribution in [0.4, 0.5) is 0 Å². The molecule has 3 saturated carbocycles. The lowest BCUT2D eigenvalue weighted by atomic mass is 9.42. The number of methoxy groups -OCH3 is 1. The molecule has 5 saturated heterocycles. The van der Waals surface area contributed by atoms with Gasteiger partial charge in [-0.15, -0.1) is 0 Å². The van der Waals surface area contributed by atoms with E-state index in [1.807, 2.05) is 27.7 Å². The van der Waals surface area contributed by atoms with Gasteiger partial charge in [-0.2, -0.15) is 0 Å². The Bertz CT molecular complexity index is 2650. The zero-order valence-electron chi connectivity index (χ0n) is 54.5. The highest BCUT2D eigenvalue weighted by atomic mass is 16.8. The van der Waals surface area contributed by atoms with Crippen LogP contribution in [0.15, 0.2) is 22.8 Å². The van der Waals surface area contributed by atoms with Crippen molar-refractivity contribution in [3.8, 4) is 0 Å². The number of ketones is 1. The Balaban J connectivity index is 1.00. The molecule has 1 unspecified atom stereocenters. The Hall–Kier alpha value is -2.91. The van der Waals surface area contributed by atoms with E-state index in [9.17, 15) is 85.9 Å². The maximum atomic E-state index is 13.6. The molecule has 2 amide bonds. The molecule has 93 heavy (non-hydrogen) atoms. The monoisotopic (exact) mass is 1330 g/mol. The van der Waals surface area contributed by atoms with Gasteiger partial charge in [0.25, 0.3) is 0 Å². The first kappa shape index (κ1) is 74.3. The number of ether oxygens (including phenoxy) is 11. The fraction of sp³-hybridized carbons (Fsp3) is 0.889. The number of hydrogen-bond acceptors (Lipinski definition) is 28. The van der Waals surface area contributed by atoms with Gasteiger partial charge >= 0.3 is 0 Å². The third kappa shape index (κ3) is 14.2. The van der Waals surface area contributed by atoms with E-state index in [4.69, 9.17) is 52.1 Å². The number of aliphatic hydroxyl groups is 14. The van der Waals surface area contributed by atoms with E-state index in [0.717, 1.165) is 30.6 Å². The van der Waals surface area contributed by atoms with Gasteiger partial charge in [-0.3, -0.25) is 14.4 Å². The van der Waals surface area contributed by atoms with Crippen molar-refractivity contribution in [2.45, 2.75) is 279 Å². The predicted molar refractivity (Wildman–Crippen MR) is 317 cm³/mol. The molecule has 0 aromatic heterocycles. The number of carbonyl (C=O) groups is 3. The van der Waals surface area contributed by atoms with Crippen molar-refractivity contribution in [1.82, 2.24) is 10.6 Å². The molecule has 9 rings (SSSR count). The maximum absolute atomic E-state index is 13.6. The van der Waals surface area contributed by atoms with Gasteiger partial charge in [0.15, 0.2) is 37.2 Å². The van der Waals surface area contributed by atoms with Crippen LogP contribution in [-0.2, 0) is 66.5 Å². The molecule has 8 fully saturated rings. The Morgan fingerprint density at radius 1 is 0.613 bits per heavy atom. The molecule has 532 valence electrons. The van der Waals surface area contributed by atoms with E-state index in [0.29, 0.717) is 51.4 Å². The number of hydrogen-bond donors (Lipinski definition) is 16. The maximum Gasteiger partial charge on any atom is 0.217 e. The standard InChI is InChI=1S/C63H102N2O28/c1-25(2)17-29(71)18-26(3)31-19-32(83-10)40-30-11-12-38-60(6,7)39(13-14-62(38,9)63(30,82)16-15-61(31,40)8)91-59-53(47(76)37(24-85-59)90-55-41(64-27(4)69)48(77)43(72)33(20-66)86-55)92-56-42(65-28(5)70)49(78)46(75)36(89-56)23-84-58-54(51(80)45(74)35(22-68)88-58)93-57-52(81)50(79)44(73)34(21-67)87-57/h17,26,31-39,41-59,66-68,72-82H,11-16,18-24H2,1-10H3,(H,64,69)(H,65,70)/t26-,31-,32+,33-,34-,35-,36-,37-,38?,39+,41-,42-,43+,44-,45-,46-,47+,48-,49-,50+,51+,52-,53-,54-,55+,56+,57+,58-,59+,61-,62+,63-/m1/s1. The van der Waals surface area contributed by atoms with E-state index in [1.54, 1.807) is 13.2 Å². The summed E-state index contributed by atoms with van der Waals surface area (Å²) in [5.74, 6) is -1.36. The fourth-order valence-corrected chi connectivity index (χ4v) is 17.1. The minimum Gasteiger partial charge on any atom is -0.394 e. The zero-order chi connectivity index (χ0) is 68.3.